The minimum atomic E-state index is 0.189. The SMILES string of the molecule is CC1=CC(C)C(N(c2ccccc2)c2cccc3c2c2ccccc2n3-c2ccc(N(c3ccccc3)c3ccc(C)cc3)cc2)C=C1. The quantitative estimate of drug-likeness (QED) is 0.175. The summed E-state index contributed by atoms with van der Waals surface area (Å²) in [6.45, 7) is 6.65. The molecule has 234 valence electrons. The highest BCUT2D eigenvalue weighted by Gasteiger charge is 2.28. The molecule has 0 amide bonds. The summed E-state index contributed by atoms with van der Waals surface area (Å²) < 4.78 is 2.42. The van der Waals surface area contributed by atoms with Gasteiger partial charge in [-0.25, -0.2) is 0 Å². The highest BCUT2D eigenvalue weighted by atomic mass is 15.2. The molecule has 8 rings (SSSR count). The number of nitrogens with zero attached hydrogens (tertiary/aromatic N) is 3. The molecule has 0 fully saturated rings. The summed E-state index contributed by atoms with van der Waals surface area (Å²) >= 11 is 0. The number of hydrogen-bond donors (Lipinski definition) is 0. The second kappa shape index (κ2) is 12.4. The van der Waals surface area contributed by atoms with Crippen LogP contribution < -0.4 is 9.80 Å². The Morgan fingerprint density at radius 2 is 1.12 bits per heavy atom. The van der Waals surface area contributed by atoms with E-state index in [2.05, 4.69) is 205 Å². The zero-order valence-corrected chi connectivity index (χ0v) is 27.7. The van der Waals surface area contributed by atoms with Gasteiger partial charge in [0.1, 0.15) is 0 Å². The Morgan fingerprint density at radius 1 is 0.542 bits per heavy atom. The Bertz CT molecular complexity index is 2260. The molecule has 6 aromatic carbocycles. The van der Waals surface area contributed by atoms with E-state index in [1.54, 1.807) is 0 Å². The van der Waals surface area contributed by atoms with Crippen molar-refractivity contribution in [2.75, 3.05) is 9.80 Å². The molecule has 0 saturated heterocycles. The van der Waals surface area contributed by atoms with Crippen LogP contribution >= 0.6 is 0 Å². The van der Waals surface area contributed by atoms with Crippen molar-refractivity contribution in [2.24, 2.45) is 5.92 Å². The molecule has 1 aliphatic carbocycles. The highest BCUT2D eigenvalue weighted by molar-refractivity contribution is 6.15. The summed E-state index contributed by atoms with van der Waals surface area (Å²) in [5.74, 6) is 0.354. The minimum absolute atomic E-state index is 0.189. The van der Waals surface area contributed by atoms with E-state index in [4.69, 9.17) is 0 Å². The topological polar surface area (TPSA) is 11.4 Å². The first-order valence-electron chi connectivity index (χ1n) is 16.8. The molecular formula is C45H39N3. The molecule has 2 atom stereocenters. The van der Waals surface area contributed by atoms with Gasteiger partial charge in [-0.1, -0.05) is 109 Å². The van der Waals surface area contributed by atoms with Gasteiger partial charge in [-0.3, -0.25) is 0 Å². The Morgan fingerprint density at radius 3 is 1.81 bits per heavy atom. The first-order chi connectivity index (χ1) is 23.6. The number of allylic oxidation sites excluding steroid dienone is 2. The fourth-order valence-electron chi connectivity index (χ4n) is 7.32. The van der Waals surface area contributed by atoms with Crippen molar-refractivity contribution < 1.29 is 0 Å². The number of aromatic nitrogens is 1. The molecule has 1 heterocycles. The molecule has 3 heteroatoms. The Labute approximate surface area is 283 Å². The van der Waals surface area contributed by atoms with E-state index < -0.39 is 0 Å². The average molecular weight is 622 g/mol. The maximum Gasteiger partial charge on any atom is 0.0585 e. The lowest BCUT2D eigenvalue weighted by molar-refractivity contribution is 0.606. The number of rotatable bonds is 7. The third kappa shape index (κ3) is 5.28. The van der Waals surface area contributed by atoms with Crippen LogP contribution in [0, 0.1) is 12.8 Å². The number of hydrogen-bond acceptors (Lipinski definition) is 2. The second-order valence-electron chi connectivity index (χ2n) is 12.9. The first kappa shape index (κ1) is 29.6. The van der Waals surface area contributed by atoms with Gasteiger partial charge in [0.15, 0.2) is 0 Å². The van der Waals surface area contributed by atoms with Crippen molar-refractivity contribution in [3.63, 3.8) is 0 Å². The van der Waals surface area contributed by atoms with Crippen molar-refractivity contribution in [2.45, 2.75) is 26.8 Å². The third-order valence-electron chi connectivity index (χ3n) is 9.56. The Hall–Kier alpha value is -5.80. The van der Waals surface area contributed by atoms with Crippen LogP contribution in [-0.4, -0.2) is 10.6 Å². The lowest BCUT2D eigenvalue weighted by atomic mass is 9.91. The molecular weight excluding hydrogens is 583 g/mol. The second-order valence-corrected chi connectivity index (χ2v) is 12.9. The van der Waals surface area contributed by atoms with Gasteiger partial charge in [0.05, 0.1) is 22.8 Å². The van der Waals surface area contributed by atoms with Crippen molar-refractivity contribution >= 4 is 50.2 Å². The molecule has 1 aliphatic rings. The molecule has 7 aromatic rings. The first-order valence-corrected chi connectivity index (χ1v) is 16.8. The van der Waals surface area contributed by atoms with Gasteiger partial charge in [0.25, 0.3) is 0 Å². The predicted octanol–water partition coefficient (Wildman–Crippen LogP) is 12.2. The van der Waals surface area contributed by atoms with E-state index >= 15 is 0 Å². The zero-order chi connectivity index (χ0) is 32.6. The number of para-hydroxylation sites is 3. The standard InChI is InChI=1S/C45H39N3/c1-32-21-24-37(25-22-32)46(35-13-6-4-7-14-35)38-26-28-39(29-27-38)48-42-18-11-10-17-40(42)45-43(19-12-20-44(45)48)47(36-15-8-5-9-16-36)41-30-23-33(2)31-34(41)3/h4-31,34,41H,1-3H3. The molecule has 1 aromatic heterocycles. The summed E-state index contributed by atoms with van der Waals surface area (Å²) in [6.07, 6.45) is 7.03. The number of fused-ring (bicyclic) bond motifs is 3. The van der Waals surface area contributed by atoms with Crippen molar-refractivity contribution in [1.82, 2.24) is 4.57 Å². The van der Waals surface area contributed by atoms with Crippen LogP contribution in [0.1, 0.15) is 19.4 Å². The molecule has 48 heavy (non-hydrogen) atoms. The maximum atomic E-state index is 2.53. The molecule has 2 unspecified atom stereocenters. The third-order valence-corrected chi connectivity index (χ3v) is 9.56. The van der Waals surface area contributed by atoms with Crippen LogP contribution in [0.4, 0.5) is 28.4 Å². The van der Waals surface area contributed by atoms with Crippen LogP contribution in [0.2, 0.25) is 0 Å². The van der Waals surface area contributed by atoms with E-state index in [1.807, 2.05) is 0 Å². The van der Waals surface area contributed by atoms with Gasteiger partial charge in [-0.2, -0.15) is 0 Å². The summed E-state index contributed by atoms with van der Waals surface area (Å²) in [7, 11) is 0. The van der Waals surface area contributed by atoms with E-state index in [1.165, 1.54) is 44.3 Å². The van der Waals surface area contributed by atoms with E-state index in [0.29, 0.717) is 5.92 Å². The van der Waals surface area contributed by atoms with Crippen LogP contribution in [0.3, 0.4) is 0 Å². The van der Waals surface area contributed by atoms with Crippen LogP contribution in [0.15, 0.2) is 175 Å². The smallest absolute Gasteiger partial charge is 0.0585 e. The molecule has 0 radical (unpaired) electrons. The number of benzene rings is 6. The Kier molecular flexibility index (Phi) is 7.66. The monoisotopic (exact) mass is 621 g/mol. The van der Waals surface area contributed by atoms with Crippen molar-refractivity contribution in [1.29, 1.82) is 0 Å². The normalized spacial score (nSPS) is 15.9. The molecule has 3 nitrogen and oxygen atoms in total. The van der Waals surface area contributed by atoms with Crippen molar-refractivity contribution in [3.05, 3.63) is 181 Å². The summed E-state index contributed by atoms with van der Waals surface area (Å²) in [4.78, 5) is 4.85. The fourth-order valence-corrected chi connectivity index (χ4v) is 7.32. The minimum Gasteiger partial charge on any atom is -0.333 e. The highest BCUT2D eigenvalue weighted by Crippen LogP contribution is 2.43. The largest absolute Gasteiger partial charge is 0.333 e. The predicted molar refractivity (Wildman–Crippen MR) is 205 cm³/mol. The molecule has 0 saturated carbocycles. The van der Waals surface area contributed by atoms with Gasteiger partial charge < -0.3 is 14.4 Å². The summed E-state index contributed by atoms with van der Waals surface area (Å²) in [5, 5.41) is 2.51. The van der Waals surface area contributed by atoms with E-state index in [9.17, 15) is 0 Å². The van der Waals surface area contributed by atoms with Crippen LogP contribution in [0.25, 0.3) is 27.5 Å². The average Bonchev–Trinajstić information content (AvgIpc) is 3.47. The van der Waals surface area contributed by atoms with Gasteiger partial charge in [-0.05, 0) is 98.6 Å². The summed E-state index contributed by atoms with van der Waals surface area (Å²) in [6, 6.07) is 55.0. The van der Waals surface area contributed by atoms with Crippen LogP contribution in [-0.2, 0) is 0 Å². The Balaban J connectivity index is 1.29. The van der Waals surface area contributed by atoms with Gasteiger partial charge in [0, 0.05) is 39.2 Å². The lowest BCUT2D eigenvalue weighted by Gasteiger charge is -2.37. The number of aryl methyl sites for hydroxylation is 1. The molecule has 0 aliphatic heterocycles. The summed E-state index contributed by atoms with van der Waals surface area (Å²) in [5.41, 5.74) is 11.9. The van der Waals surface area contributed by atoms with Gasteiger partial charge in [0.2, 0.25) is 0 Å². The number of anilines is 5. The maximum absolute atomic E-state index is 2.53. The molecule has 0 spiro atoms. The lowest BCUT2D eigenvalue weighted by Crippen LogP contribution is -2.35. The molecule has 0 bridgehead atoms. The zero-order valence-electron chi connectivity index (χ0n) is 27.7. The van der Waals surface area contributed by atoms with E-state index in [0.717, 1.165) is 22.7 Å². The van der Waals surface area contributed by atoms with Gasteiger partial charge >= 0.3 is 0 Å². The van der Waals surface area contributed by atoms with Crippen molar-refractivity contribution in [3.8, 4) is 5.69 Å². The van der Waals surface area contributed by atoms with Gasteiger partial charge in [-0.15, -0.1) is 0 Å². The van der Waals surface area contributed by atoms with E-state index in [-0.39, 0.29) is 6.04 Å². The molecule has 0 N–H and O–H groups in total. The van der Waals surface area contributed by atoms with Crippen LogP contribution in [0.5, 0.6) is 0 Å². The fraction of sp³-hybridized carbons (Fsp3) is 0.111.